The van der Waals surface area contributed by atoms with E-state index in [1.807, 2.05) is 36.4 Å². The third kappa shape index (κ3) is 14.4. The number of hydrogen-bond acceptors (Lipinski definition) is 12. The van der Waals surface area contributed by atoms with Gasteiger partial charge in [0.25, 0.3) is 0 Å². The van der Waals surface area contributed by atoms with Gasteiger partial charge in [0.1, 0.15) is 42.3 Å². The fraction of sp³-hybridized carbons (Fsp3) is 0.675. The third-order valence-electron chi connectivity index (χ3n) is 10.1. The highest BCUT2D eigenvalue weighted by Gasteiger charge is 2.57. The number of aromatic nitrogens is 3. The van der Waals surface area contributed by atoms with Crippen LogP contribution in [0.5, 0.6) is 0 Å². The van der Waals surface area contributed by atoms with Crippen LogP contribution in [0.25, 0.3) is 5.52 Å². The first kappa shape index (κ1) is 45.2. The minimum atomic E-state index is -3.88. The second kappa shape index (κ2) is 24.3. The Balaban J connectivity index is 1.15. The van der Waals surface area contributed by atoms with E-state index in [-0.39, 0.29) is 24.7 Å². The molecule has 0 spiro atoms. The van der Waals surface area contributed by atoms with E-state index >= 15 is 0 Å². The molecular formula is C40H62N5O8PS. The predicted molar refractivity (Wildman–Crippen MR) is 215 cm³/mol. The quantitative estimate of drug-likeness (QED) is 0.0406. The first-order chi connectivity index (χ1) is 26.7. The number of nitrogens with two attached hydrogens (primary N) is 1. The van der Waals surface area contributed by atoms with E-state index in [1.54, 1.807) is 6.07 Å². The van der Waals surface area contributed by atoms with Crippen LogP contribution < -0.4 is 5.73 Å². The summed E-state index contributed by atoms with van der Waals surface area (Å²) < 4.78 is 30.5. The van der Waals surface area contributed by atoms with Crippen LogP contribution in [0.4, 0.5) is 5.82 Å². The fourth-order valence-corrected chi connectivity index (χ4v) is 7.96. The number of unbranched alkanes of at least 4 members (excludes halogenated alkanes) is 15. The van der Waals surface area contributed by atoms with Gasteiger partial charge in [-0.15, -0.1) is 0 Å². The van der Waals surface area contributed by atoms with Crippen LogP contribution in [0.2, 0.25) is 0 Å². The number of rotatable bonds is 29. The Morgan fingerprint density at radius 1 is 0.909 bits per heavy atom. The summed E-state index contributed by atoms with van der Waals surface area (Å²) in [7, 11) is 0. The molecule has 0 aliphatic carbocycles. The van der Waals surface area contributed by atoms with Crippen molar-refractivity contribution < 1.29 is 38.4 Å². The molecule has 1 fully saturated rings. The monoisotopic (exact) mass is 803 g/mol. The Morgan fingerprint density at radius 3 is 2.15 bits per heavy atom. The Hall–Kier alpha value is -2.54. The molecule has 306 valence electrons. The SMILES string of the molecule is CCCCCCCCCCCCCCCCCCOC[C@H](CO[P@](O)(=S)OC[C@H]1O[C@@](C#N)(c2ccc3c(N)ncnn23)[C@H](O)[C@@H]1O)OCc1ccccc1. The molecule has 2 aromatic heterocycles. The molecule has 0 amide bonds. The summed E-state index contributed by atoms with van der Waals surface area (Å²) in [5, 5.41) is 36.2. The van der Waals surface area contributed by atoms with Gasteiger partial charge in [0.2, 0.25) is 5.60 Å². The number of aliphatic hydroxyl groups excluding tert-OH is 2. The van der Waals surface area contributed by atoms with Gasteiger partial charge < -0.3 is 44.1 Å². The number of benzene rings is 1. The van der Waals surface area contributed by atoms with Crippen molar-refractivity contribution >= 4 is 29.9 Å². The van der Waals surface area contributed by atoms with Crippen LogP contribution in [-0.2, 0) is 47.3 Å². The Bertz CT molecular complexity index is 1610. The molecule has 6 atom stereocenters. The lowest BCUT2D eigenvalue weighted by Gasteiger charge is -2.24. The average Bonchev–Trinajstić information content (AvgIpc) is 3.74. The average molecular weight is 804 g/mol. The lowest BCUT2D eigenvalue weighted by Crippen LogP contribution is -2.41. The molecule has 0 saturated carbocycles. The van der Waals surface area contributed by atoms with Gasteiger partial charge in [-0.2, -0.15) is 10.4 Å². The molecule has 5 N–H and O–H groups in total. The van der Waals surface area contributed by atoms with Crippen LogP contribution in [0.15, 0.2) is 48.8 Å². The Labute approximate surface area is 331 Å². The number of hydrogen-bond donors (Lipinski definition) is 4. The van der Waals surface area contributed by atoms with Crippen molar-refractivity contribution in [3.63, 3.8) is 0 Å². The minimum absolute atomic E-state index is 0.102. The van der Waals surface area contributed by atoms with Crippen molar-refractivity contribution in [2.75, 3.05) is 32.2 Å². The molecule has 15 heteroatoms. The smallest absolute Gasteiger partial charge is 0.324 e. The van der Waals surface area contributed by atoms with Gasteiger partial charge in [-0.3, -0.25) is 0 Å². The van der Waals surface area contributed by atoms with Gasteiger partial charge >= 0.3 is 6.72 Å². The van der Waals surface area contributed by atoms with Crippen LogP contribution in [-0.4, -0.2) is 80.5 Å². The summed E-state index contributed by atoms with van der Waals surface area (Å²) in [4.78, 5) is 14.9. The molecule has 3 aromatic rings. The number of ether oxygens (including phenoxy) is 3. The molecular weight excluding hydrogens is 742 g/mol. The van der Waals surface area contributed by atoms with Crippen molar-refractivity contribution in [2.45, 2.75) is 146 Å². The maximum atomic E-state index is 11.0. The highest BCUT2D eigenvalue weighted by Crippen LogP contribution is 2.46. The molecule has 0 bridgehead atoms. The van der Waals surface area contributed by atoms with Crippen molar-refractivity contribution in [3.05, 3.63) is 60.0 Å². The van der Waals surface area contributed by atoms with Gasteiger partial charge in [0, 0.05) is 6.61 Å². The molecule has 0 radical (unpaired) electrons. The summed E-state index contributed by atoms with van der Waals surface area (Å²) in [6.45, 7) is -1.03. The number of fused-ring (bicyclic) bond motifs is 1. The van der Waals surface area contributed by atoms with E-state index in [1.165, 1.54) is 107 Å². The highest BCUT2D eigenvalue weighted by atomic mass is 32.5. The van der Waals surface area contributed by atoms with Crippen molar-refractivity contribution in [2.24, 2.45) is 0 Å². The molecule has 1 saturated heterocycles. The summed E-state index contributed by atoms with van der Waals surface area (Å²) in [5.74, 6) is 0.164. The van der Waals surface area contributed by atoms with Crippen LogP contribution >= 0.6 is 6.72 Å². The summed E-state index contributed by atoms with van der Waals surface area (Å²) >= 11 is 5.27. The second-order valence-corrected chi connectivity index (χ2v) is 17.3. The zero-order valence-electron chi connectivity index (χ0n) is 32.4. The normalized spacial score (nSPS) is 21.5. The summed E-state index contributed by atoms with van der Waals surface area (Å²) in [6, 6.07) is 14.8. The first-order valence-corrected chi connectivity index (χ1v) is 22.7. The van der Waals surface area contributed by atoms with E-state index in [4.69, 9.17) is 40.8 Å². The molecule has 0 unspecified atom stereocenters. The lowest BCUT2D eigenvalue weighted by atomic mass is 9.92. The van der Waals surface area contributed by atoms with Crippen LogP contribution in [0.3, 0.4) is 0 Å². The van der Waals surface area contributed by atoms with Gasteiger partial charge in [0.05, 0.1) is 32.1 Å². The second-order valence-electron chi connectivity index (χ2n) is 14.5. The fourth-order valence-electron chi connectivity index (χ4n) is 6.83. The topological polar surface area (TPSA) is 187 Å². The van der Waals surface area contributed by atoms with E-state index in [0.29, 0.717) is 18.7 Å². The minimum Gasteiger partial charge on any atom is -0.387 e. The lowest BCUT2D eigenvalue weighted by molar-refractivity contribution is -0.0660. The van der Waals surface area contributed by atoms with E-state index in [2.05, 4.69) is 17.0 Å². The number of anilines is 1. The highest BCUT2D eigenvalue weighted by molar-refractivity contribution is 8.07. The van der Waals surface area contributed by atoms with Gasteiger partial charge in [-0.1, -0.05) is 134 Å². The number of aliphatic hydroxyl groups is 2. The molecule has 55 heavy (non-hydrogen) atoms. The van der Waals surface area contributed by atoms with Crippen molar-refractivity contribution in [1.82, 2.24) is 14.6 Å². The molecule has 3 heterocycles. The molecule has 1 aromatic carbocycles. The Morgan fingerprint density at radius 2 is 1.53 bits per heavy atom. The van der Waals surface area contributed by atoms with Crippen molar-refractivity contribution in [3.8, 4) is 6.07 Å². The first-order valence-electron chi connectivity index (χ1n) is 20.1. The Kier molecular flexibility index (Phi) is 19.9. The zero-order chi connectivity index (χ0) is 39.4. The van der Waals surface area contributed by atoms with Gasteiger partial charge in [-0.25, -0.2) is 9.50 Å². The summed E-state index contributed by atoms with van der Waals surface area (Å²) in [6.07, 6.45) is 17.1. The molecule has 13 nitrogen and oxygen atoms in total. The molecule has 1 aliphatic heterocycles. The zero-order valence-corrected chi connectivity index (χ0v) is 34.1. The number of nitriles is 1. The maximum absolute atomic E-state index is 11.0. The van der Waals surface area contributed by atoms with Crippen LogP contribution in [0, 0.1) is 11.3 Å². The number of nitrogen functional groups attached to an aromatic ring is 1. The summed E-state index contributed by atoms with van der Waals surface area (Å²) in [5.41, 5.74) is 5.43. The van der Waals surface area contributed by atoms with E-state index in [9.17, 15) is 20.4 Å². The number of nitrogens with zero attached hydrogens (tertiary/aromatic N) is 4. The molecule has 4 rings (SSSR count). The predicted octanol–water partition coefficient (Wildman–Crippen LogP) is 7.26. The third-order valence-corrected chi connectivity index (χ3v) is 11.7. The van der Waals surface area contributed by atoms with Gasteiger partial charge in [-0.05, 0) is 35.9 Å². The van der Waals surface area contributed by atoms with E-state index < -0.39 is 43.3 Å². The maximum Gasteiger partial charge on any atom is 0.324 e. The van der Waals surface area contributed by atoms with Gasteiger partial charge in [0.15, 0.2) is 5.82 Å². The largest absolute Gasteiger partial charge is 0.387 e. The van der Waals surface area contributed by atoms with Crippen LogP contribution in [0.1, 0.15) is 121 Å². The van der Waals surface area contributed by atoms with Crippen molar-refractivity contribution in [1.29, 1.82) is 5.26 Å². The molecule has 1 aliphatic rings. The van der Waals surface area contributed by atoms with E-state index in [0.717, 1.165) is 18.4 Å². The standard InChI is InChI=1S/C40H62N5O8PS/c1-2-3-4-5-6-7-8-9-10-11-12-13-14-15-16-20-25-49-27-33(50-26-32-21-18-17-19-22-32)28-51-54(48,55)52-29-35-37(46)38(47)40(30-41,53-35)36-24-23-34-39(42)43-31-44-45(34)36/h17-19,21-24,31,33,35,37-38,46-47H,2-16,20,25-29H2,1H3,(H,48,55)(H2,42,43,44)/t33-,35-,37-,38-,40+,54+/m1/s1.